The molecule has 3 aliphatic heterocycles. The fourth-order valence-corrected chi connectivity index (χ4v) is 6.97. The molecule has 4 heterocycles. The lowest BCUT2D eigenvalue weighted by Crippen LogP contribution is -2.56. The van der Waals surface area contributed by atoms with Crippen molar-refractivity contribution in [1.29, 1.82) is 0 Å². The monoisotopic (exact) mass is 539 g/mol. The highest BCUT2D eigenvalue weighted by Gasteiger charge is 2.80. The molecule has 3 aliphatic rings. The Morgan fingerprint density at radius 2 is 2.10 bits per heavy atom. The van der Waals surface area contributed by atoms with Crippen LogP contribution in [-0.4, -0.2) is 91.2 Å². The highest BCUT2D eigenvalue weighted by Crippen LogP contribution is 2.65. The van der Waals surface area contributed by atoms with Crippen LogP contribution < -0.4 is 0 Å². The highest BCUT2D eigenvalue weighted by molar-refractivity contribution is 5.98. The molecule has 2 amide bonds. The second-order valence-corrected chi connectivity index (χ2v) is 11.0. The van der Waals surface area contributed by atoms with Crippen molar-refractivity contribution < 1.29 is 29.0 Å². The van der Waals surface area contributed by atoms with Gasteiger partial charge in [0, 0.05) is 19.7 Å². The molecule has 3 saturated heterocycles. The number of esters is 1. The van der Waals surface area contributed by atoms with Crippen LogP contribution in [0.25, 0.3) is 11.0 Å². The van der Waals surface area contributed by atoms with Crippen LogP contribution in [-0.2, 0) is 30.5 Å². The minimum absolute atomic E-state index is 0.0196. The standard InChI is InChI=1S/C28H37N5O6/c1-5-13-31(17-33-20-12-8-7-11-19(20)29-30-33)25(36)23-28-16-18(3)27(4,39-28)22(26(37)38-6-2)21(28)24(35)32(23)14-9-10-15-34/h5,7-8,11-12,18,21-23,34H,1,6,9-10,13-17H2,2-4H3/t18?,21-,22+,23?,27-,28?/m0/s1. The molecule has 0 radical (unpaired) electrons. The number of aliphatic hydroxyl groups excluding tert-OH is 1. The van der Waals surface area contributed by atoms with E-state index in [4.69, 9.17) is 9.47 Å². The number of para-hydroxylation sites is 1. The largest absolute Gasteiger partial charge is 0.466 e. The molecular weight excluding hydrogens is 502 g/mol. The second-order valence-electron chi connectivity index (χ2n) is 11.0. The van der Waals surface area contributed by atoms with E-state index in [2.05, 4.69) is 16.9 Å². The predicted molar refractivity (Wildman–Crippen MR) is 141 cm³/mol. The number of carbonyl (C=O) groups excluding carboxylic acids is 3. The molecule has 11 heteroatoms. The number of fused-ring (bicyclic) bond motifs is 2. The van der Waals surface area contributed by atoms with E-state index in [0.717, 1.165) is 5.52 Å². The molecule has 0 saturated carbocycles. The van der Waals surface area contributed by atoms with Crippen LogP contribution in [0, 0.1) is 17.8 Å². The summed E-state index contributed by atoms with van der Waals surface area (Å²) < 4.78 is 13.8. The molecule has 1 spiro atoms. The van der Waals surface area contributed by atoms with Gasteiger partial charge in [-0.15, -0.1) is 11.7 Å². The lowest BCUT2D eigenvalue weighted by atomic mass is 9.62. The van der Waals surface area contributed by atoms with Gasteiger partial charge in [0.15, 0.2) is 0 Å². The van der Waals surface area contributed by atoms with Crippen molar-refractivity contribution in [3.05, 3.63) is 36.9 Å². The number of amides is 2. The first kappa shape index (κ1) is 27.3. The molecule has 0 aliphatic carbocycles. The third-order valence-corrected chi connectivity index (χ3v) is 8.78. The number of ether oxygens (including phenoxy) is 2. The quantitative estimate of drug-likeness (QED) is 0.260. The van der Waals surface area contributed by atoms with Crippen molar-refractivity contribution in [3.63, 3.8) is 0 Å². The molecule has 1 N–H and O–H groups in total. The smallest absolute Gasteiger partial charge is 0.312 e. The zero-order valence-electron chi connectivity index (χ0n) is 22.8. The molecular formula is C28H37N5O6. The van der Waals surface area contributed by atoms with E-state index >= 15 is 0 Å². The van der Waals surface area contributed by atoms with Crippen LogP contribution >= 0.6 is 0 Å². The van der Waals surface area contributed by atoms with Gasteiger partial charge in [0.2, 0.25) is 11.8 Å². The summed E-state index contributed by atoms with van der Waals surface area (Å²) in [7, 11) is 0. The fourth-order valence-electron chi connectivity index (χ4n) is 6.97. The molecule has 11 nitrogen and oxygen atoms in total. The first-order chi connectivity index (χ1) is 18.7. The Kier molecular flexibility index (Phi) is 7.23. The number of benzene rings is 1. The fraction of sp³-hybridized carbons (Fsp3) is 0.607. The number of hydrogen-bond donors (Lipinski definition) is 1. The Morgan fingerprint density at radius 1 is 1.33 bits per heavy atom. The minimum atomic E-state index is -1.16. The van der Waals surface area contributed by atoms with Crippen molar-refractivity contribution >= 4 is 28.8 Å². The van der Waals surface area contributed by atoms with Gasteiger partial charge in [-0.2, -0.15) is 0 Å². The Morgan fingerprint density at radius 3 is 2.82 bits per heavy atom. The number of aromatic nitrogens is 3. The molecule has 3 unspecified atom stereocenters. The van der Waals surface area contributed by atoms with Gasteiger partial charge in [0.1, 0.15) is 29.7 Å². The third-order valence-electron chi connectivity index (χ3n) is 8.78. The minimum Gasteiger partial charge on any atom is -0.466 e. The summed E-state index contributed by atoms with van der Waals surface area (Å²) in [6.45, 7) is 10.2. The van der Waals surface area contributed by atoms with Gasteiger partial charge in [-0.25, -0.2) is 4.68 Å². The number of nitrogens with zero attached hydrogens (tertiary/aromatic N) is 5. The van der Waals surface area contributed by atoms with Gasteiger partial charge in [0.25, 0.3) is 0 Å². The van der Waals surface area contributed by atoms with Gasteiger partial charge >= 0.3 is 5.97 Å². The summed E-state index contributed by atoms with van der Waals surface area (Å²) in [5.74, 6) is -2.74. The van der Waals surface area contributed by atoms with Gasteiger partial charge < -0.3 is 24.4 Å². The second kappa shape index (κ2) is 10.3. The van der Waals surface area contributed by atoms with Crippen molar-refractivity contribution in [2.75, 3.05) is 26.3 Å². The molecule has 1 aromatic carbocycles. The molecule has 3 fully saturated rings. The third kappa shape index (κ3) is 4.13. The van der Waals surface area contributed by atoms with E-state index in [1.165, 1.54) is 0 Å². The van der Waals surface area contributed by atoms with Gasteiger partial charge in [-0.3, -0.25) is 14.4 Å². The summed E-state index contributed by atoms with van der Waals surface area (Å²) in [6, 6.07) is 6.55. The van der Waals surface area contributed by atoms with Crippen LogP contribution in [0.15, 0.2) is 36.9 Å². The van der Waals surface area contributed by atoms with E-state index in [-0.39, 0.29) is 50.7 Å². The summed E-state index contributed by atoms with van der Waals surface area (Å²) >= 11 is 0. The first-order valence-corrected chi connectivity index (χ1v) is 13.7. The summed E-state index contributed by atoms with van der Waals surface area (Å²) in [6.07, 6.45) is 3.11. The van der Waals surface area contributed by atoms with Gasteiger partial charge in [-0.1, -0.05) is 30.3 Å². The molecule has 5 rings (SSSR count). The number of hydrogen-bond acceptors (Lipinski definition) is 8. The summed E-state index contributed by atoms with van der Waals surface area (Å²) in [5.41, 5.74) is -0.601. The Bertz CT molecular complexity index is 1280. The molecule has 6 atom stereocenters. The van der Waals surface area contributed by atoms with Crippen molar-refractivity contribution in [3.8, 4) is 0 Å². The topological polar surface area (TPSA) is 127 Å². The van der Waals surface area contributed by atoms with E-state index < -0.39 is 35.0 Å². The van der Waals surface area contributed by atoms with Crippen molar-refractivity contribution in [2.24, 2.45) is 17.8 Å². The van der Waals surface area contributed by atoms with E-state index in [1.807, 2.05) is 38.1 Å². The average Bonchev–Trinajstić information content (AvgIpc) is 3.58. The number of aliphatic hydroxyl groups is 1. The number of carbonyl (C=O) groups is 3. The maximum Gasteiger partial charge on any atom is 0.312 e. The Labute approximate surface area is 227 Å². The number of likely N-dealkylation sites (tertiary alicyclic amines) is 1. The zero-order chi connectivity index (χ0) is 27.9. The SMILES string of the molecule is C=CCN(Cn1nnc2ccccc21)C(=O)C1N(CCCCO)C(=O)[C@@H]2[C@H](C(=O)OCC)[C@@]3(C)OC12CC3C. The summed E-state index contributed by atoms with van der Waals surface area (Å²) in [5, 5.41) is 17.8. The number of unbranched alkanes of at least 4 members (excludes halogenated alkanes) is 1. The lowest BCUT2D eigenvalue weighted by molar-refractivity contribution is -0.162. The van der Waals surface area contributed by atoms with Crippen LogP contribution in [0.4, 0.5) is 0 Å². The van der Waals surface area contributed by atoms with Crippen LogP contribution in [0.1, 0.15) is 40.0 Å². The van der Waals surface area contributed by atoms with E-state index in [1.54, 1.807) is 27.5 Å². The lowest BCUT2D eigenvalue weighted by Gasteiger charge is -2.37. The normalized spacial score (nSPS) is 31.1. The van der Waals surface area contributed by atoms with E-state index in [9.17, 15) is 19.5 Å². The first-order valence-electron chi connectivity index (χ1n) is 13.7. The molecule has 210 valence electrons. The van der Waals surface area contributed by atoms with Crippen LogP contribution in [0.5, 0.6) is 0 Å². The van der Waals surface area contributed by atoms with Crippen molar-refractivity contribution in [1.82, 2.24) is 24.8 Å². The van der Waals surface area contributed by atoms with Gasteiger partial charge in [-0.05, 0) is 51.2 Å². The molecule has 1 aromatic heterocycles. The zero-order valence-corrected chi connectivity index (χ0v) is 22.8. The predicted octanol–water partition coefficient (Wildman–Crippen LogP) is 1.75. The average molecular weight is 540 g/mol. The summed E-state index contributed by atoms with van der Waals surface area (Å²) in [4.78, 5) is 45.0. The molecule has 2 aromatic rings. The maximum atomic E-state index is 14.5. The number of rotatable bonds is 11. The van der Waals surface area contributed by atoms with Gasteiger partial charge in [0.05, 0.1) is 23.6 Å². The molecule has 39 heavy (non-hydrogen) atoms. The highest BCUT2D eigenvalue weighted by atomic mass is 16.6. The maximum absolute atomic E-state index is 14.5. The Balaban J connectivity index is 1.55. The van der Waals surface area contributed by atoms with Crippen molar-refractivity contribution in [2.45, 2.75) is 63.9 Å². The van der Waals surface area contributed by atoms with Crippen LogP contribution in [0.3, 0.4) is 0 Å². The molecule has 2 bridgehead atoms. The Hall–Kier alpha value is -3.31. The van der Waals surface area contributed by atoms with E-state index in [0.29, 0.717) is 24.8 Å². The van der Waals surface area contributed by atoms with Crippen LogP contribution in [0.2, 0.25) is 0 Å².